The third kappa shape index (κ3) is 2.10. The Morgan fingerprint density at radius 1 is 1.21 bits per heavy atom. The van der Waals surface area contributed by atoms with Gasteiger partial charge >= 0.3 is 5.97 Å². The maximum Gasteiger partial charge on any atom is 0.314 e. The molecular formula is C18H15FN2O3. The molecule has 1 fully saturated rings. The molecule has 2 aliphatic carbocycles. The van der Waals surface area contributed by atoms with Crippen LogP contribution in [0, 0.1) is 11.2 Å². The minimum absolute atomic E-state index is 0.0103. The number of benzene rings is 1. The first-order chi connectivity index (χ1) is 11.5. The number of carboxylic acid groups (broad SMARTS) is 1. The molecule has 1 saturated carbocycles. The Labute approximate surface area is 137 Å². The summed E-state index contributed by atoms with van der Waals surface area (Å²) in [5, 5.41) is 14.1. The maximum absolute atomic E-state index is 13.1. The summed E-state index contributed by atoms with van der Waals surface area (Å²) >= 11 is 0. The first kappa shape index (κ1) is 14.8. The quantitative estimate of drug-likeness (QED) is 0.921. The molecular weight excluding hydrogens is 311 g/mol. The lowest BCUT2D eigenvalue weighted by Gasteiger charge is -2.37. The number of aromatic nitrogens is 2. The van der Waals surface area contributed by atoms with Crippen molar-refractivity contribution in [3.05, 3.63) is 53.1 Å². The van der Waals surface area contributed by atoms with Crippen LogP contribution in [0.3, 0.4) is 0 Å². The highest BCUT2D eigenvalue weighted by Gasteiger charge is 2.49. The predicted molar refractivity (Wildman–Crippen MR) is 84.1 cm³/mol. The fourth-order valence-electron chi connectivity index (χ4n) is 3.69. The van der Waals surface area contributed by atoms with Crippen LogP contribution >= 0.6 is 0 Å². The SMILES string of the molecule is O=C1CCC2=Cc3c(cnn3-c3ccc(F)cc3)C[C@]2(C(=O)O)C1. The Hall–Kier alpha value is -2.76. The van der Waals surface area contributed by atoms with E-state index in [1.807, 2.05) is 6.08 Å². The Balaban J connectivity index is 1.83. The third-order valence-electron chi connectivity index (χ3n) is 4.96. The van der Waals surface area contributed by atoms with Crippen LogP contribution in [0.4, 0.5) is 4.39 Å². The normalized spacial score (nSPS) is 22.5. The molecule has 1 N–H and O–H groups in total. The number of Topliss-reactive ketones (excluding diaryl/α,β-unsaturated/α-hetero) is 1. The number of carbonyl (C=O) groups excluding carboxylic acids is 1. The Morgan fingerprint density at radius 3 is 2.67 bits per heavy atom. The smallest absolute Gasteiger partial charge is 0.314 e. The van der Waals surface area contributed by atoms with E-state index < -0.39 is 11.4 Å². The molecule has 0 bridgehead atoms. The van der Waals surface area contributed by atoms with Gasteiger partial charge in [0.15, 0.2) is 0 Å². The average molecular weight is 326 g/mol. The lowest BCUT2D eigenvalue weighted by atomic mass is 9.64. The predicted octanol–water partition coefficient (Wildman–Crippen LogP) is 2.77. The number of hydrogen-bond acceptors (Lipinski definition) is 3. The monoisotopic (exact) mass is 326 g/mol. The van der Waals surface area contributed by atoms with Gasteiger partial charge in [-0.3, -0.25) is 9.59 Å². The fourth-order valence-corrected chi connectivity index (χ4v) is 3.69. The molecule has 1 atom stereocenters. The van der Waals surface area contributed by atoms with Gasteiger partial charge in [-0.25, -0.2) is 9.07 Å². The molecule has 0 saturated heterocycles. The molecule has 0 aliphatic heterocycles. The number of rotatable bonds is 2. The van der Waals surface area contributed by atoms with E-state index in [4.69, 9.17) is 0 Å². The van der Waals surface area contributed by atoms with Crippen LogP contribution in [-0.2, 0) is 16.0 Å². The van der Waals surface area contributed by atoms with Crippen LogP contribution in [0.25, 0.3) is 11.8 Å². The molecule has 4 rings (SSSR count). The molecule has 2 aromatic rings. The van der Waals surface area contributed by atoms with Gasteiger partial charge in [0.25, 0.3) is 0 Å². The molecule has 1 aromatic carbocycles. The van der Waals surface area contributed by atoms with E-state index in [0.29, 0.717) is 18.5 Å². The first-order valence-corrected chi connectivity index (χ1v) is 7.78. The summed E-state index contributed by atoms with van der Waals surface area (Å²) in [5.41, 5.74) is 1.94. The summed E-state index contributed by atoms with van der Waals surface area (Å²) in [4.78, 5) is 23.8. The first-order valence-electron chi connectivity index (χ1n) is 7.78. The van der Waals surface area contributed by atoms with E-state index in [2.05, 4.69) is 5.10 Å². The minimum Gasteiger partial charge on any atom is -0.481 e. The second-order valence-electron chi connectivity index (χ2n) is 6.39. The Kier molecular flexibility index (Phi) is 3.16. The number of nitrogens with zero attached hydrogens (tertiary/aromatic N) is 2. The lowest BCUT2D eigenvalue weighted by Crippen LogP contribution is -2.42. The highest BCUT2D eigenvalue weighted by Crippen LogP contribution is 2.47. The lowest BCUT2D eigenvalue weighted by molar-refractivity contribution is -0.150. The summed E-state index contributed by atoms with van der Waals surface area (Å²) in [6, 6.07) is 5.98. The molecule has 0 spiro atoms. The van der Waals surface area contributed by atoms with E-state index >= 15 is 0 Å². The molecule has 24 heavy (non-hydrogen) atoms. The van der Waals surface area contributed by atoms with Gasteiger partial charge in [0.2, 0.25) is 0 Å². The Bertz CT molecular complexity index is 882. The van der Waals surface area contributed by atoms with Crippen LogP contribution in [0.2, 0.25) is 0 Å². The molecule has 0 radical (unpaired) electrons. The number of ketones is 1. The molecule has 5 nitrogen and oxygen atoms in total. The van der Waals surface area contributed by atoms with E-state index in [0.717, 1.165) is 16.8 Å². The van der Waals surface area contributed by atoms with Crippen molar-refractivity contribution < 1.29 is 19.1 Å². The van der Waals surface area contributed by atoms with Crippen molar-refractivity contribution in [1.29, 1.82) is 0 Å². The van der Waals surface area contributed by atoms with Gasteiger partial charge in [0, 0.05) is 12.8 Å². The molecule has 6 heteroatoms. The third-order valence-corrected chi connectivity index (χ3v) is 4.96. The van der Waals surface area contributed by atoms with Gasteiger partial charge in [-0.1, -0.05) is 0 Å². The zero-order chi connectivity index (χ0) is 16.9. The van der Waals surface area contributed by atoms with Crippen molar-refractivity contribution in [3.8, 4) is 5.69 Å². The highest BCUT2D eigenvalue weighted by molar-refractivity contribution is 5.93. The number of halogens is 1. The van der Waals surface area contributed by atoms with Crippen LogP contribution in [0.5, 0.6) is 0 Å². The van der Waals surface area contributed by atoms with E-state index in [-0.39, 0.29) is 24.4 Å². The van der Waals surface area contributed by atoms with Crippen LogP contribution in [0.1, 0.15) is 30.5 Å². The summed E-state index contributed by atoms with van der Waals surface area (Å²) in [6.45, 7) is 0. The second kappa shape index (κ2) is 5.12. The van der Waals surface area contributed by atoms with Crippen molar-refractivity contribution in [2.24, 2.45) is 5.41 Å². The molecule has 122 valence electrons. The van der Waals surface area contributed by atoms with Crippen molar-refractivity contribution in [3.63, 3.8) is 0 Å². The number of carbonyl (C=O) groups is 2. The minimum atomic E-state index is -1.14. The summed E-state index contributed by atoms with van der Waals surface area (Å²) in [7, 11) is 0. The number of fused-ring (bicyclic) bond motifs is 2. The number of carboxylic acids is 1. The zero-order valence-electron chi connectivity index (χ0n) is 12.8. The molecule has 0 unspecified atom stereocenters. The van der Waals surface area contributed by atoms with Crippen LogP contribution in [-0.4, -0.2) is 26.6 Å². The molecule has 1 heterocycles. The second-order valence-corrected chi connectivity index (χ2v) is 6.39. The number of hydrogen-bond donors (Lipinski definition) is 1. The zero-order valence-corrected chi connectivity index (χ0v) is 12.8. The van der Waals surface area contributed by atoms with Crippen LogP contribution in [0.15, 0.2) is 36.0 Å². The van der Waals surface area contributed by atoms with Crippen molar-refractivity contribution >= 4 is 17.8 Å². The van der Waals surface area contributed by atoms with Gasteiger partial charge in [0.05, 0.1) is 17.6 Å². The van der Waals surface area contributed by atoms with Gasteiger partial charge in [-0.15, -0.1) is 0 Å². The standard InChI is InChI=1S/C18H15FN2O3/c19-13-2-4-14(5-3-13)21-16-7-12-1-6-15(22)9-18(12,17(23)24)8-11(16)10-20-21/h2-5,7,10H,1,6,8-9H2,(H,23,24)/t18-/m0/s1. The maximum atomic E-state index is 13.1. The highest BCUT2D eigenvalue weighted by atomic mass is 19.1. The summed E-state index contributed by atoms with van der Waals surface area (Å²) in [6.07, 6.45) is 4.61. The Morgan fingerprint density at radius 2 is 1.96 bits per heavy atom. The topological polar surface area (TPSA) is 72.2 Å². The van der Waals surface area contributed by atoms with Gasteiger partial charge in [-0.05, 0) is 54.3 Å². The van der Waals surface area contributed by atoms with Crippen molar-refractivity contribution in [2.45, 2.75) is 25.7 Å². The van der Waals surface area contributed by atoms with E-state index in [1.165, 1.54) is 12.1 Å². The van der Waals surface area contributed by atoms with E-state index in [9.17, 15) is 19.1 Å². The largest absolute Gasteiger partial charge is 0.481 e. The number of aliphatic carboxylic acids is 1. The van der Waals surface area contributed by atoms with Crippen molar-refractivity contribution in [1.82, 2.24) is 9.78 Å². The van der Waals surface area contributed by atoms with Gasteiger partial charge in [0.1, 0.15) is 17.0 Å². The molecule has 1 aromatic heterocycles. The van der Waals surface area contributed by atoms with Gasteiger partial charge < -0.3 is 5.11 Å². The molecule has 0 amide bonds. The molecule has 2 aliphatic rings. The average Bonchev–Trinajstić information content (AvgIpc) is 2.95. The fraction of sp³-hybridized carbons (Fsp3) is 0.278. The van der Waals surface area contributed by atoms with Gasteiger partial charge in [-0.2, -0.15) is 5.10 Å². The summed E-state index contributed by atoms with van der Waals surface area (Å²) in [5.74, 6) is -1.29. The summed E-state index contributed by atoms with van der Waals surface area (Å²) < 4.78 is 14.8. The van der Waals surface area contributed by atoms with Crippen LogP contribution < -0.4 is 0 Å². The van der Waals surface area contributed by atoms with E-state index in [1.54, 1.807) is 23.0 Å². The van der Waals surface area contributed by atoms with Crippen molar-refractivity contribution in [2.75, 3.05) is 0 Å².